The van der Waals surface area contributed by atoms with E-state index in [1.165, 1.54) is 7.11 Å². The number of fused-ring (bicyclic) bond motifs is 9. The van der Waals surface area contributed by atoms with Gasteiger partial charge in [-0.25, -0.2) is 4.79 Å². The summed E-state index contributed by atoms with van der Waals surface area (Å²) in [6.45, 7) is 3.42. The van der Waals surface area contributed by atoms with E-state index in [9.17, 15) is 29.4 Å². The van der Waals surface area contributed by atoms with Crippen LogP contribution in [-0.4, -0.2) is 56.3 Å². The lowest BCUT2D eigenvalue weighted by atomic mass is 9.68. The first-order chi connectivity index (χ1) is 17.1. The molecule has 2 saturated carbocycles. The van der Waals surface area contributed by atoms with Crippen LogP contribution in [0.4, 0.5) is 0 Å². The van der Waals surface area contributed by atoms with E-state index < -0.39 is 29.8 Å². The number of likely N-dealkylation sites (tertiary alicyclic amines) is 1. The summed E-state index contributed by atoms with van der Waals surface area (Å²) in [6.07, 6.45) is 0.716. The highest BCUT2D eigenvalue weighted by atomic mass is 32.2. The molecule has 3 heterocycles. The van der Waals surface area contributed by atoms with Gasteiger partial charge in [0.15, 0.2) is 11.5 Å². The highest BCUT2D eigenvalue weighted by Gasteiger charge is 2.70. The van der Waals surface area contributed by atoms with Crippen molar-refractivity contribution in [1.29, 1.82) is 0 Å². The fraction of sp³-hybridized carbons (Fsp3) is 0.520. The number of H-pyrrole nitrogens is 1. The van der Waals surface area contributed by atoms with Crippen LogP contribution in [0.2, 0.25) is 0 Å². The number of carboxylic acid groups (broad SMARTS) is 1. The second-order valence-corrected chi connectivity index (χ2v) is 12.7. The maximum absolute atomic E-state index is 13.7. The van der Waals surface area contributed by atoms with Gasteiger partial charge in [-0.3, -0.25) is 19.3 Å². The van der Waals surface area contributed by atoms with Gasteiger partial charge >= 0.3 is 10.8 Å². The van der Waals surface area contributed by atoms with Crippen LogP contribution >= 0.6 is 23.1 Å². The summed E-state index contributed by atoms with van der Waals surface area (Å²) >= 11 is 2.73. The number of hydrogen-bond donors (Lipinski definition) is 3. The number of carbonyl (C=O) groups is 3. The van der Waals surface area contributed by atoms with Crippen LogP contribution in [0.25, 0.3) is 0 Å². The number of nitrogens with one attached hydrogen (secondary N) is 1. The van der Waals surface area contributed by atoms with Gasteiger partial charge in [-0.2, -0.15) is 0 Å². The molecule has 1 aromatic carbocycles. The number of imide groups is 1. The van der Waals surface area contributed by atoms with Crippen molar-refractivity contribution >= 4 is 40.9 Å². The van der Waals surface area contributed by atoms with E-state index in [0.717, 1.165) is 31.7 Å². The molecule has 2 amide bonds. The maximum atomic E-state index is 13.7. The molecule has 0 radical (unpaired) electrons. The predicted molar refractivity (Wildman–Crippen MR) is 131 cm³/mol. The Morgan fingerprint density at radius 3 is 2.50 bits per heavy atom. The van der Waals surface area contributed by atoms with E-state index in [1.54, 1.807) is 37.7 Å². The average Bonchev–Trinajstić information content (AvgIpc) is 3.54. The minimum absolute atomic E-state index is 0.00201. The number of benzene rings is 1. The number of carboxylic acids is 1. The van der Waals surface area contributed by atoms with Crippen LogP contribution < -0.4 is 9.61 Å². The van der Waals surface area contributed by atoms with Gasteiger partial charge < -0.3 is 19.9 Å². The van der Waals surface area contributed by atoms with Gasteiger partial charge in [-0.05, 0) is 47.8 Å². The van der Waals surface area contributed by atoms with Gasteiger partial charge in [-0.15, -0.1) is 11.8 Å². The quantitative estimate of drug-likeness (QED) is 0.502. The van der Waals surface area contributed by atoms with Crippen molar-refractivity contribution < 1.29 is 29.3 Å². The summed E-state index contributed by atoms with van der Waals surface area (Å²) < 4.78 is 5.35. The number of phenolic OH excluding ortho intramolecular Hbond substituents is 1. The first-order valence-electron chi connectivity index (χ1n) is 12.0. The number of thiazole rings is 1. The Bertz CT molecular complexity index is 1350. The molecule has 1 saturated heterocycles. The predicted octanol–water partition coefficient (Wildman–Crippen LogP) is 2.73. The van der Waals surface area contributed by atoms with Crippen LogP contribution in [0, 0.1) is 35.5 Å². The molecular formula is C25H26N2O7S2. The number of aromatic nitrogens is 1. The molecule has 190 valence electrons. The number of hydrogen-bond acceptors (Lipinski definition) is 8. The number of ether oxygens (including phenoxy) is 1. The molecular weight excluding hydrogens is 504 g/mol. The number of methoxy groups -OCH3 is 1. The second kappa shape index (κ2) is 8.11. The molecule has 36 heavy (non-hydrogen) atoms. The van der Waals surface area contributed by atoms with Gasteiger partial charge in [-0.1, -0.05) is 31.3 Å². The Labute approximate surface area is 214 Å². The van der Waals surface area contributed by atoms with Gasteiger partial charge in [0.2, 0.25) is 11.8 Å². The summed E-state index contributed by atoms with van der Waals surface area (Å²) in [6, 6.07) is 3.99. The largest absolute Gasteiger partial charge is 0.504 e. The van der Waals surface area contributed by atoms with Crippen LogP contribution in [0.5, 0.6) is 11.5 Å². The van der Waals surface area contributed by atoms with Crippen LogP contribution in [0.3, 0.4) is 0 Å². The number of carbonyl (C=O) groups excluding carboxylic acids is 2. The summed E-state index contributed by atoms with van der Waals surface area (Å²) in [5, 5.41) is 20.8. The van der Waals surface area contributed by atoms with Crippen molar-refractivity contribution in [2.45, 2.75) is 42.5 Å². The molecule has 8 unspecified atom stereocenters. The number of rotatable bonds is 5. The van der Waals surface area contributed by atoms with E-state index in [1.807, 2.05) is 6.07 Å². The molecule has 8 atom stereocenters. The average molecular weight is 531 g/mol. The van der Waals surface area contributed by atoms with Crippen molar-refractivity contribution in [2.75, 3.05) is 7.11 Å². The Kier molecular flexibility index (Phi) is 5.31. The first-order valence-corrected chi connectivity index (χ1v) is 13.7. The van der Waals surface area contributed by atoms with E-state index in [0.29, 0.717) is 12.2 Å². The summed E-state index contributed by atoms with van der Waals surface area (Å²) in [4.78, 5) is 56.4. The minimum atomic E-state index is -1.18. The highest BCUT2D eigenvalue weighted by Crippen LogP contribution is 2.68. The summed E-state index contributed by atoms with van der Waals surface area (Å²) in [5.74, 6) is -3.49. The lowest BCUT2D eigenvalue weighted by molar-refractivity contribution is -0.157. The Balaban J connectivity index is 1.45. The minimum Gasteiger partial charge on any atom is -0.504 e. The zero-order valence-electron chi connectivity index (χ0n) is 19.8. The molecule has 0 spiro atoms. The molecule has 2 aromatic rings. The molecule has 11 heteroatoms. The standard InChI is InChI=1S/C25H26N2O7S2/c1-8(2)18(24(31)32)27-22(29)16-10-7-11(17(16)23(27)30)19-15(10)14(20-21(35-19)26-25(33)36-20)9-4-5-12(28)13(6-9)34-3/h4-6,8,10-11,14-19,28H,7H2,1-3H3,(H,26,33)(H,31,32). The van der Waals surface area contributed by atoms with Crippen LogP contribution in [-0.2, 0) is 14.4 Å². The molecule has 4 aliphatic rings. The lowest BCUT2D eigenvalue weighted by Crippen LogP contribution is -2.49. The Hall–Kier alpha value is -2.79. The third-order valence-electron chi connectivity index (χ3n) is 8.48. The van der Waals surface area contributed by atoms with Crippen molar-refractivity contribution in [2.24, 2.45) is 35.5 Å². The molecule has 2 aliphatic carbocycles. The zero-order chi connectivity index (χ0) is 25.6. The zero-order valence-corrected chi connectivity index (χ0v) is 21.5. The van der Waals surface area contributed by atoms with Gasteiger partial charge in [0.05, 0.1) is 24.0 Å². The molecule has 3 N–H and O–H groups in total. The van der Waals surface area contributed by atoms with E-state index in [4.69, 9.17) is 4.74 Å². The van der Waals surface area contributed by atoms with Crippen molar-refractivity contribution in [3.63, 3.8) is 0 Å². The van der Waals surface area contributed by atoms with E-state index in [2.05, 4.69) is 4.98 Å². The smallest absolute Gasteiger partial charge is 0.327 e. The van der Waals surface area contributed by atoms with E-state index >= 15 is 0 Å². The number of phenols is 1. The van der Waals surface area contributed by atoms with E-state index in [-0.39, 0.29) is 51.4 Å². The Morgan fingerprint density at radius 2 is 1.86 bits per heavy atom. The topological polar surface area (TPSA) is 137 Å². The molecule has 2 bridgehead atoms. The Morgan fingerprint density at radius 1 is 1.17 bits per heavy atom. The van der Waals surface area contributed by atoms with Crippen LogP contribution in [0.1, 0.15) is 36.6 Å². The highest BCUT2D eigenvalue weighted by molar-refractivity contribution is 8.00. The molecule has 9 nitrogen and oxygen atoms in total. The van der Waals surface area contributed by atoms with Gasteiger partial charge in [0.25, 0.3) is 0 Å². The third kappa shape index (κ3) is 3.08. The molecule has 1 aromatic heterocycles. The van der Waals surface area contributed by atoms with Crippen molar-refractivity contribution in [3.05, 3.63) is 38.3 Å². The molecule has 6 rings (SSSR count). The fourth-order valence-electron chi connectivity index (χ4n) is 7.27. The van der Waals surface area contributed by atoms with Gasteiger partial charge in [0.1, 0.15) is 6.04 Å². The van der Waals surface area contributed by atoms with Crippen molar-refractivity contribution in [3.8, 4) is 11.5 Å². The van der Waals surface area contributed by atoms with Gasteiger partial charge in [0, 0.05) is 16.0 Å². The maximum Gasteiger partial charge on any atom is 0.327 e. The number of amides is 2. The second-order valence-electron chi connectivity index (χ2n) is 10.5. The molecule has 3 fully saturated rings. The fourth-order valence-corrected chi connectivity index (χ4v) is 10.2. The summed E-state index contributed by atoms with van der Waals surface area (Å²) in [7, 11) is 1.48. The monoisotopic (exact) mass is 530 g/mol. The summed E-state index contributed by atoms with van der Waals surface area (Å²) in [5.41, 5.74) is 0.875. The normalized spacial score (nSPS) is 33.0. The first kappa shape index (κ1) is 23.6. The number of aliphatic carboxylic acids is 1. The van der Waals surface area contributed by atoms with Crippen molar-refractivity contribution in [1.82, 2.24) is 9.88 Å². The lowest BCUT2D eigenvalue weighted by Gasteiger charge is -2.43. The third-order valence-corrected chi connectivity index (χ3v) is 11.1. The molecule has 2 aliphatic heterocycles. The van der Waals surface area contributed by atoms with Crippen LogP contribution in [0.15, 0.2) is 28.0 Å². The number of aromatic amines is 1. The number of thioether (sulfide) groups is 1. The number of aromatic hydroxyl groups is 1. The SMILES string of the molecule is COc1cc(C2c3sc(=O)[nH]c3SC3C4CC(C5C(=O)N(C(C(=O)O)C(C)C)C(=O)C45)C23)ccc1O. The number of nitrogens with zero attached hydrogens (tertiary/aromatic N) is 1.